The number of nitrogens with one attached hydrogen (secondary N) is 1. The average Bonchev–Trinajstić information content (AvgIpc) is 2.79. The van der Waals surface area contributed by atoms with Crippen LogP contribution in [0.2, 0.25) is 5.02 Å². The Kier molecular flexibility index (Phi) is 7.17. The zero-order chi connectivity index (χ0) is 22.5. The van der Waals surface area contributed by atoms with Crippen LogP contribution < -0.4 is 15.0 Å². The van der Waals surface area contributed by atoms with Crippen LogP contribution in [0, 0.1) is 0 Å². The number of anilines is 2. The zero-order valence-corrected chi connectivity index (χ0v) is 18.9. The molecule has 2 aliphatic heterocycles. The summed E-state index contributed by atoms with van der Waals surface area (Å²) in [6, 6.07) is 13.9. The molecule has 2 aromatic rings. The predicted octanol–water partition coefficient (Wildman–Crippen LogP) is 3.36. The second kappa shape index (κ2) is 10.2. The van der Waals surface area contributed by atoms with Crippen molar-refractivity contribution < 1.29 is 19.1 Å². The molecule has 1 fully saturated rings. The number of piperazine rings is 1. The summed E-state index contributed by atoms with van der Waals surface area (Å²) in [5.74, 6) is 0.198. The standard InChI is InChI=1S/C24H28ClN3O4/c1-17(29)32-19(15-27-11-13-28(14-12-27)18-5-3-2-4-6-18)16-31-24-20-7-10-23(30)26-22(20)9-8-21(24)25/h2-6,8-9,19H,7,10-16H2,1H3,(H,26,30). The van der Waals surface area contributed by atoms with Gasteiger partial charge in [0, 0.05) is 63.0 Å². The predicted molar refractivity (Wildman–Crippen MR) is 125 cm³/mol. The number of hydrogen-bond acceptors (Lipinski definition) is 6. The van der Waals surface area contributed by atoms with E-state index in [2.05, 4.69) is 39.4 Å². The Morgan fingerprint density at radius 3 is 2.56 bits per heavy atom. The van der Waals surface area contributed by atoms with E-state index in [1.165, 1.54) is 12.6 Å². The van der Waals surface area contributed by atoms with Crippen molar-refractivity contribution in [1.29, 1.82) is 0 Å². The van der Waals surface area contributed by atoms with Crippen molar-refractivity contribution in [2.75, 3.05) is 49.5 Å². The number of ether oxygens (including phenoxy) is 2. The number of hydrogen-bond donors (Lipinski definition) is 1. The van der Waals surface area contributed by atoms with Crippen LogP contribution in [0.25, 0.3) is 0 Å². The van der Waals surface area contributed by atoms with Gasteiger partial charge in [0.05, 0.1) is 5.02 Å². The van der Waals surface area contributed by atoms with Gasteiger partial charge in [-0.2, -0.15) is 0 Å². The summed E-state index contributed by atoms with van der Waals surface area (Å²) in [6.07, 6.45) is 0.542. The maximum Gasteiger partial charge on any atom is 0.303 e. The third-order valence-corrected chi connectivity index (χ3v) is 6.09. The highest BCUT2D eigenvalue weighted by molar-refractivity contribution is 6.32. The molecule has 2 aromatic carbocycles. The van der Waals surface area contributed by atoms with E-state index in [0.717, 1.165) is 37.4 Å². The van der Waals surface area contributed by atoms with Crippen LogP contribution >= 0.6 is 11.6 Å². The van der Waals surface area contributed by atoms with Gasteiger partial charge in [-0.25, -0.2) is 0 Å². The molecule has 1 N–H and O–H groups in total. The van der Waals surface area contributed by atoms with Gasteiger partial charge in [0.25, 0.3) is 0 Å². The van der Waals surface area contributed by atoms with Gasteiger partial charge in [0.2, 0.25) is 5.91 Å². The maximum absolute atomic E-state index is 11.7. The third kappa shape index (κ3) is 5.53. The quantitative estimate of drug-likeness (QED) is 0.643. The summed E-state index contributed by atoms with van der Waals surface area (Å²) in [4.78, 5) is 28.0. The molecule has 1 unspecified atom stereocenters. The molecule has 7 nitrogen and oxygen atoms in total. The first-order valence-corrected chi connectivity index (χ1v) is 11.3. The SMILES string of the molecule is CC(=O)OC(COc1c(Cl)ccc2c1CCC(=O)N2)CN1CCN(c2ccccc2)CC1. The molecule has 2 aliphatic rings. The number of benzene rings is 2. The number of halogens is 1. The molecule has 1 saturated heterocycles. The first kappa shape index (κ1) is 22.4. The smallest absolute Gasteiger partial charge is 0.303 e. The minimum atomic E-state index is -0.416. The lowest BCUT2D eigenvalue weighted by Gasteiger charge is -2.37. The van der Waals surface area contributed by atoms with Gasteiger partial charge in [-0.15, -0.1) is 0 Å². The molecule has 0 spiro atoms. The van der Waals surface area contributed by atoms with Gasteiger partial charge in [0.1, 0.15) is 18.5 Å². The summed E-state index contributed by atoms with van der Waals surface area (Å²) in [7, 11) is 0. The molecule has 0 bridgehead atoms. The number of carbonyl (C=O) groups is 2. The monoisotopic (exact) mass is 457 g/mol. The lowest BCUT2D eigenvalue weighted by molar-refractivity contribution is -0.148. The molecule has 170 valence electrons. The van der Waals surface area contributed by atoms with Crippen LogP contribution in [0.4, 0.5) is 11.4 Å². The molecule has 4 rings (SSSR count). The molecule has 0 saturated carbocycles. The topological polar surface area (TPSA) is 71.1 Å². The van der Waals surface area contributed by atoms with Crippen molar-refractivity contribution in [3.63, 3.8) is 0 Å². The molecule has 2 heterocycles. The second-order valence-electron chi connectivity index (χ2n) is 8.12. The Hall–Kier alpha value is -2.77. The molecule has 0 aromatic heterocycles. The van der Waals surface area contributed by atoms with E-state index in [9.17, 15) is 9.59 Å². The molecular formula is C24H28ClN3O4. The Bertz CT molecular complexity index is 961. The number of amides is 1. The number of fused-ring (bicyclic) bond motifs is 1. The van der Waals surface area contributed by atoms with Gasteiger partial charge < -0.3 is 19.7 Å². The van der Waals surface area contributed by atoms with Gasteiger partial charge in [-0.3, -0.25) is 14.5 Å². The highest BCUT2D eigenvalue weighted by atomic mass is 35.5. The first-order chi connectivity index (χ1) is 15.5. The number of carbonyl (C=O) groups excluding carboxylic acids is 2. The van der Waals surface area contributed by atoms with E-state index in [1.807, 2.05) is 6.07 Å². The summed E-state index contributed by atoms with van der Waals surface area (Å²) < 4.78 is 11.6. The number of para-hydroxylation sites is 1. The van der Waals surface area contributed by atoms with Gasteiger partial charge in [-0.1, -0.05) is 29.8 Å². The maximum atomic E-state index is 11.7. The highest BCUT2D eigenvalue weighted by Crippen LogP contribution is 2.37. The number of nitrogens with zero attached hydrogens (tertiary/aromatic N) is 2. The molecule has 32 heavy (non-hydrogen) atoms. The van der Waals surface area contributed by atoms with Gasteiger partial charge in [0.15, 0.2) is 0 Å². The van der Waals surface area contributed by atoms with E-state index in [0.29, 0.717) is 30.2 Å². The lowest BCUT2D eigenvalue weighted by atomic mass is 10.0. The molecule has 1 atom stereocenters. The van der Waals surface area contributed by atoms with Crippen molar-refractivity contribution in [3.05, 3.63) is 53.1 Å². The van der Waals surface area contributed by atoms with Crippen LogP contribution in [0.1, 0.15) is 18.9 Å². The van der Waals surface area contributed by atoms with Crippen LogP contribution in [-0.2, 0) is 20.7 Å². The van der Waals surface area contributed by atoms with Crippen molar-refractivity contribution >= 4 is 34.9 Å². The van der Waals surface area contributed by atoms with Crippen molar-refractivity contribution in [2.45, 2.75) is 25.9 Å². The Morgan fingerprint density at radius 2 is 1.84 bits per heavy atom. The van der Waals surface area contributed by atoms with Crippen molar-refractivity contribution in [2.24, 2.45) is 0 Å². The van der Waals surface area contributed by atoms with Crippen LogP contribution in [0.3, 0.4) is 0 Å². The molecular weight excluding hydrogens is 430 g/mol. The fourth-order valence-corrected chi connectivity index (χ4v) is 4.45. The van der Waals surface area contributed by atoms with E-state index in [1.54, 1.807) is 12.1 Å². The summed E-state index contributed by atoms with van der Waals surface area (Å²) >= 11 is 6.39. The third-order valence-electron chi connectivity index (χ3n) is 5.79. The number of rotatable bonds is 7. The Morgan fingerprint density at radius 1 is 1.09 bits per heavy atom. The Balaban J connectivity index is 1.37. The molecule has 8 heteroatoms. The van der Waals surface area contributed by atoms with Gasteiger partial charge in [-0.05, 0) is 30.7 Å². The fourth-order valence-electron chi connectivity index (χ4n) is 4.22. The summed E-state index contributed by atoms with van der Waals surface area (Å²) in [5, 5.41) is 3.34. The normalized spacial score (nSPS) is 17.3. The minimum Gasteiger partial charge on any atom is -0.488 e. The Labute approximate surface area is 193 Å². The highest BCUT2D eigenvalue weighted by Gasteiger charge is 2.25. The molecule has 1 amide bonds. The van der Waals surface area contributed by atoms with Crippen LogP contribution in [0.5, 0.6) is 5.75 Å². The second-order valence-corrected chi connectivity index (χ2v) is 8.52. The van der Waals surface area contributed by atoms with E-state index in [-0.39, 0.29) is 18.5 Å². The van der Waals surface area contributed by atoms with E-state index < -0.39 is 6.10 Å². The van der Waals surface area contributed by atoms with E-state index in [4.69, 9.17) is 21.1 Å². The molecule has 0 aliphatic carbocycles. The average molecular weight is 458 g/mol. The van der Waals surface area contributed by atoms with Crippen molar-refractivity contribution in [3.8, 4) is 5.75 Å². The van der Waals surface area contributed by atoms with E-state index >= 15 is 0 Å². The fraction of sp³-hybridized carbons (Fsp3) is 0.417. The van der Waals surface area contributed by atoms with Crippen LogP contribution in [0.15, 0.2) is 42.5 Å². The summed E-state index contributed by atoms with van der Waals surface area (Å²) in [6.45, 7) is 5.77. The minimum absolute atomic E-state index is 0.0155. The largest absolute Gasteiger partial charge is 0.488 e. The van der Waals surface area contributed by atoms with Crippen LogP contribution in [-0.4, -0.2) is 62.2 Å². The molecule has 0 radical (unpaired) electrons. The zero-order valence-electron chi connectivity index (χ0n) is 18.2. The van der Waals surface area contributed by atoms with Gasteiger partial charge >= 0.3 is 5.97 Å². The lowest BCUT2D eigenvalue weighted by Crippen LogP contribution is -2.50. The first-order valence-electron chi connectivity index (χ1n) is 10.9. The number of esters is 1. The van der Waals surface area contributed by atoms with Crippen molar-refractivity contribution in [1.82, 2.24) is 4.90 Å². The summed E-state index contributed by atoms with van der Waals surface area (Å²) in [5.41, 5.74) is 2.83.